The van der Waals surface area contributed by atoms with E-state index in [0.717, 1.165) is 19.2 Å². The fourth-order valence-corrected chi connectivity index (χ4v) is 1.53. The van der Waals surface area contributed by atoms with E-state index in [-0.39, 0.29) is 11.3 Å². The van der Waals surface area contributed by atoms with Crippen LogP contribution in [0.15, 0.2) is 18.2 Å². The monoisotopic (exact) mass is 319 g/mol. The van der Waals surface area contributed by atoms with Gasteiger partial charge in [0, 0.05) is 0 Å². The van der Waals surface area contributed by atoms with E-state index in [1.807, 2.05) is 0 Å². The van der Waals surface area contributed by atoms with Gasteiger partial charge in [0.25, 0.3) is 0 Å². The van der Waals surface area contributed by atoms with Gasteiger partial charge in [-0.3, -0.25) is 5.32 Å². The molecule has 0 saturated heterocycles. The molecule has 1 rings (SSSR count). The van der Waals surface area contributed by atoms with Crippen LogP contribution in [0.3, 0.4) is 0 Å². The number of benzene rings is 1. The molecule has 0 aliphatic rings. The van der Waals surface area contributed by atoms with Crippen LogP contribution in [0.5, 0.6) is 0 Å². The lowest BCUT2D eigenvalue weighted by atomic mass is 10.1. The third-order valence-electron chi connectivity index (χ3n) is 2.39. The minimum Gasteiger partial charge on any atom is -0.465 e. The summed E-state index contributed by atoms with van der Waals surface area (Å²) in [6.07, 6.45) is -5.59. The van der Waals surface area contributed by atoms with Gasteiger partial charge in [-0.2, -0.15) is 13.2 Å². The fraction of sp³-hybridized carbons (Fsp3) is 0.429. The van der Waals surface area contributed by atoms with Gasteiger partial charge in [-0.1, -0.05) is 0 Å². The third-order valence-corrected chi connectivity index (χ3v) is 2.39. The van der Waals surface area contributed by atoms with Gasteiger partial charge < -0.3 is 9.47 Å². The second-order valence-electron chi connectivity index (χ2n) is 5.38. The molecule has 5 nitrogen and oxygen atoms in total. The normalized spacial score (nSPS) is 11.8. The zero-order chi connectivity index (χ0) is 17.1. The maximum Gasteiger partial charge on any atom is 0.416 e. The molecule has 0 saturated carbocycles. The van der Waals surface area contributed by atoms with E-state index < -0.39 is 29.4 Å². The molecule has 0 aliphatic carbocycles. The molecule has 0 aliphatic heterocycles. The summed E-state index contributed by atoms with van der Waals surface area (Å²) >= 11 is 0. The highest BCUT2D eigenvalue weighted by Crippen LogP contribution is 2.32. The lowest BCUT2D eigenvalue weighted by Crippen LogP contribution is -2.28. The predicted octanol–water partition coefficient (Wildman–Crippen LogP) is 3.84. The number of methoxy groups -OCH3 is 1. The Morgan fingerprint density at radius 3 is 2.18 bits per heavy atom. The Morgan fingerprint density at radius 2 is 1.73 bits per heavy atom. The molecule has 1 amide bonds. The second kappa shape index (κ2) is 6.25. The molecule has 1 aromatic rings. The van der Waals surface area contributed by atoms with Crippen molar-refractivity contribution in [1.29, 1.82) is 0 Å². The van der Waals surface area contributed by atoms with Crippen molar-refractivity contribution in [2.45, 2.75) is 32.5 Å². The van der Waals surface area contributed by atoms with Crippen LogP contribution in [0, 0.1) is 0 Å². The number of amides is 1. The van der Waals surface area contributed by atoms with Crippen molar-refractivity contribution in [3.63, 3.8) is 0 Å². The second-order valence-corrected chi connectivity index (χ2v) is 5.38. The highest BCUT2D eigenvalue weighted by molar-refractivity contribution is 5.99. The predicted molar refractivity (Wildman–Crippen MR) is 72.6 cm³/mol. The summed E-state index contributed by atoms with van der Waals surface area (Å²) in [6.45, 7) is 4.79. The van der Waals surface area contributed by atoms with E-state index in [9.17, 15) is 22.8 Å². The zero-order valence-corrected chi connectivity index (χ0v) is 12.5. The third kappa shape index (κ3) is 4.94. The van der Waals surface area contributed by atoms with Crippen LogP contribution < -0.4 is 5.32 Å². The van der Waals surface area contributed by atoms with Crippen molar-refractivity contribution in [3.05, 3.63) is 29.3 Å². The Labute approximate surface area is 125 Å². The van der Waals surface area contributed by atoms with Crippen LogP contribution in [0.2, 0.25) is 0 Å². The Bertz CT molecular complexity index is 576. The first-order chi connectivity index (χ1) is 9.94. The van der Waals surface area contributed by atoms with Crippen LogP contribution in [0.1, 0.15) is 36.7 Å². The lowest BCUT2D eigenvalue weighted by molar-refractivity contribution is -0.137. The minimum absolute atomic E-state index is 0.207. The summed E-state index contributed by atoms with van der Waals surface area (Å²) in [5, 5.41) is 2.13. The number of hydrogen-bond acceptors (Lipinski definition) is 4. The molecule has 8 heteroatoms. The summed E-state index contributed by atoms with van der Waals surface area (Å²) in [6, 6.07) is 2.31. The molecule has 122 valence electrons. The van der Waals surface area contributed by atoms with Gasteiger partial charge in [0.2, 0.25) is 0 Å². The molecule has 0 spiro atoms. The van der Waals surface area contributed by atoms with E-state index in [2.05, 4.69) is 10.1 Å². The van der Waals surface area contributed by atoms with E-state index in [1.165, 1.54) is 0 Å². The highest BCUT2D eigenvalue weighted by atomic mass is 19.4. The first-order valence-electron chi connectivity index (χ1n) is 6.23. The number of esters is 1. The minimum atomic E-state index is -4.61. The SMILES string of the molecule is COC(=O)c1ccc(C(F)(F)F)cc1NC(=O)OC(C)(C)C. The maximum absolute atomic E-state index is 12.7. The largest absolute Gasteiger partial charge is 0.465 e. The molecule has 0 atom stereocenters. The number of alkyl halides is 3. The zero-order valence-electron chi connectivity index (χ0n) is 12.5. The molecule has 1 aromatic carbocycles. The smallest absolute Gasteiger partial charge is 0.416 e. The summed E-state index contributed by atoms with van der Waals surface area (Å²) in [4.78, 5) is 23.3. The fourth-order valence-electron chi connectivity index (χ4n) is 1.53. The van der Waals surface area contributed by atoms with Gasteiger partial charge in [-0.25, -0.2) is 9.59 Å². The number of anilines is 1. The van der Waals surface area contributed by atoms with Gasteiger partial charge in [-0.15, -0.1) is 0 Å². The number of carbonyl (C=O) groups is 2. The van der Waals surface area contributed by atoms with Crippen LogP contribution in [-0.4, -0.2) is 24.8 Å². The van der Waals surface area contributed by atoms with E-state index in [4.69, 9.17) is 4.74 Å². The number of carbonyl (C=O) groups excluding carboxylic acids is 2. The first kappa shape index (κ1) is 17.8. The average Bonchev–Trinajstić information content (AvgIpc) is 2.34. The van der Waals surface area contributed by atoms with Crippen molar-refractivity contribution >= 4 is 17.7 Å². The molecule has 1 N–H and O–H groups in total. The van der Waals surface area contributed by atoms with Crippen LogP contribution in [-0.2, 0) is 15.7 Å². The van der Waals surface area contributed by atoms with E-state index >= 15 is 0 Å². The van der Waals surface area contributed by atoms with Crippen LogP contribution >= 0.6 is 0 Å². The molecule has 22 heavy (non-hydrogen) atoms. The van der Waals surface area contributed by atoms with Crippen molar-refractivity contribution in [2.24, 2.45) is 0 Å². The maximum atomic E-state index is 12.7. The Morgan fingerprint density at radius 1 is 1.14 bits per heavy atom. The molecule has 0 bridgehead atoms. The number of ether oxygens (including phenoxy) is 2. The number of rotatable bonds is 2. The van der Waals surface area contributed by atoms with Crippen LogP contribution in [0.4, 0.5) is 23.7 Å². The Hall–Kier alpha value is -2.25. The van der Waals surface area contributed by atoms with Gasteiger partial charge in [0.15, 0.2) is 0 Å². The summed E-state index contributed by atoms with van der Waals surface area (Å²) in [5.74, 6) is -0.875. The summed E-state index contributed by atoms with van der Waals surface area (Å²) in [5.41, 5.74) is -2.39. The Kier molecular flexibility index (Phi) is 5.05. The van der Waals surface area contributed by atoms with Gasteiger partial charge in [-0.05, 0) is 39.0 Å². The van der Waals surface area contributed by atoms with Crippen molar-refractivity contribution in [1.82, 2.24) is 0 Å². The van der Waals surface area contributed by atoms with E-state index in [0.29, 0.717) is 6.07 Å². The number of nitrogens with one attached hydrogen (secondary N) is 1. The topological polar surface area (TPSA) is 64.6 Å². The standard InChI is InChI=1S/C14H16F3NO4/c1-13(2,3)22-12(20)18-10-7-8(14(15,16)17)5-6-9(10)11(19)21-4/h5-7H,1-4H3,(H,18,20). The molecular weight excluding hydrogens is 303 g/mol. The number of hydrogen-bond donors (Lipinski definition) is 1. The molecule has 0 fully saturated rings. The van der Waals surface area contributed by atoms with Gasteiger partial charge >= 0.3 is 18.2 Å². The molecule has 0 unspecified atom stereocenters. The van der Waals surface area contributed by atoms with Crippen LogP contribution in [0.25, 0.3) is 0 Å². The first-order valence-corrected chi connectivity index (χ1v) is 6.23. The summed E-state index contributed by atoms with van der Waals surface area (Å²) < 4.78 is 47.6. The van der Waals surface area contributed by atoms with Crippen molar-refractivity contribution < 1.29 is 32.2 Å². The lowest BCUT2D eigenvalue weighted by Gasteiger charge is -2.20. The summed E-state index contributed by atoms with van der Waals surface area (Å²) in [7, 11) is 1.08. The molecular formula is C14H16F3NO4. The quantitative estimate of drug-likeness (QED) is 0.841. The molecule has 0 heterocycles. The van der Waals surface area contributed by atoms with Gasteiger partial charge in [0.1, 0.15) is 5.60 Å². The molecule has 0 radical (unpaired) electrons. The average molecular weight is 319 g/mol. The Balaban J connectivity index is 3.17. The highest BCUT2D eigenvalue weighted by Gasteiger charge is 2.32. The van der Waals surface area contributed by atoms with Crippen molar-refractivity contribution in [3.8, 4) is 0 Å². The van der Waals surface area contributed by atoms with Gasteiger partial charge in [0.05, 0.1) is 23.9 Å². The van der Waals surface area contributed by atoms with Crippen molar-refractivity contribution in [2.75, 3.05) is 12.4 Å². The number of halogens is 3. The molecule has 0 aromatic heterocycles. The van der Waals surface area contributed by atoms with E-state index in [1.54, 1.807) is 20.8 Å².